The molecule has 0 saturated heterocycles. The topological polar surface area (TPSA) is 96.0 Å². The molecule has 46 heavy (non-hydrogen) atoms. The van der Waals surface area contributed by atoms with Crippen molar-refractivity contribution in [2.45, 2.75) is 39.5 Å². The van der Waals surface area contributed by atoms with Gasteiger partial charge in [0.2, 0.25) is 21.8 Å². The van der Waals surface area contributed by atoms with Gasteiger partial charge >= 0.3 is 0 Å². The molecule has 0 heterocycles. The molecule has 242 valence electrons. The molecule has 4 rings (SSSR count). The van der Waals surface area contributed by atoms with Crippen molar-refractivity contribution in [2.75, 3.05) is 23.7 Å². The molecule has 0 spiro atoms. The third kappa shape index (κ3) is 10.5. The van der Waals surface area contributed by atoms with Crippen molar-refractivity contribution in [1.29, 1.82) is 0 Å². The molecule has 0 aliphatic heterocycles. The summed E-state index contributed by atoms with van der Waals surface area (Å²) in [7, 11) is -3.88. The lowest BCUT2D eigenvalue weighted by Crippen LogP contribution is -2.53. The Kier molecular flexibility index (Phi) is 12.4. The zero-order valence-corrected chi connectivity index (χ0v) is 28.7. The van der Waals surface area contributed by atoms with Crippen molar-refractivity contribution < 1.29 is 22.7 Å². The maximum Gasteiger partial charge on any atom is 0.244 e. The summed E-state index contributed by atoms with van der Waals surface area (Å²) in [6.45, 7) is 4.43. The SMILES string of the molecule is CC(C)CNC(=O)[C@H](Cc1ccccc1)N(Cc1ccc(Br)cc1)C(=O)CN(c1ccc(OCc2ccccc2)cc1)S(C)(=O)=O. The predicted molar refractivity (Wildman–Crippen MR) is 186 cm³/mol. The molecule has 8 nitrogen and oxygen atoms in total. The number of anilines is 1. The predicted octanol–water partition coefficient (Wildman–Crippen LogP) is 6.21. The normalized spacial score (nSPS) is 11.9. The quantitative estimate of drug-likeness (QED) is 0.159. The summed E-state index contributed by atoms with van der Waals surface area (Å²) >= 11 is 3.45. The molecule has 10 heteroatoms. The van der Waals surface area contributed by atoms with Gasteiger partial charge in [-0.05, 0) is 59.0 Å². The molecule has 4 aromatic carbocycles. The van der Waals surface area contributed by atoms with Gasteiger partial charge in [0, 0.05) is 24.0 Å². The molecule has 0 fully saturated rings. The van der Waals surface area contributed by atoms with E-state index < -0.39 is 28.5 Å². The van der Waals surface area contributed by atoms with Crippen molar-refractivity contribution >= 4 is 43.5 Å². The molecule has 2 amide bonds. The number of amides is 2. The van der Waals surface area contributed by atoms with Gasteiger partial charge in [0.1, 0.15) is 24.9 Å². The van der Waals surface area contributed by atoms with Crippen LogP contribution in [0, 0.1) is 5.92 Å². The molecule has 0 unspecified atom stereocenters. The summed E-state index contributed by atoms with van der Waals surface area (Å²) in [6, 6.07) is 32.4. The monoisotopic (exact) mass is 705 g/mol. The van der Waals surface area contributed by atoms with Crippen LogP contribution < -0.4 is 14.4 Å². The number of sulfonamides is 1. The van der Waals surface area contributed by atoms with Crippen LogP contribution in [0.3, 0.4) is 0 Å². The minimum Gasteiger partial charge on any atom is -0.489 e. The van der Waals surface area contributed by atoms with Crippen LogP contribution in [0.5, 0.6) is 5.75 Å². The van der Waals surface area contributed by atoms with Gasteiger partial charge in [0.05, 0.1) is 11.9 Å². The van der Waals surface area contributed by atoms with E-state index in [9.17, 15) is 18.0 Å². The fraction of sp³-hybridized carbons (Fsp3) is 0.278. The van der Waals surface area contributed by atoms with Crippen LogP contribution in [0.4, 0.5) is 5.69 Å². The number of nitrogens with zero attached hydrogens (tertiary/aromatic N) is 2. The van der Waals surface area contributed by atoms with Crippen LogP contribution in [0.15, 0.2) is 114 Å². The Labute approximate surface area is 280 Å². The number of benzene rings is 4. The molecule has 0 saturated carbocycles. The van der Waals surface area contributed by atoms with Gasteiger partial charge in [-0.1, -0.05) is 103 Å². The highest BCUT2D eigenvalue weighted by atomic mass is 79.9. The standard InChI is InChI=1S/C36H40BrN3O5S/c1-27(2)23-38-36(42)34(22-28-10-6-4-7-11-28)39(24-29-14-16-31(37)17-15-29)35(41)25-40(46(3,43)44)32-18-20-33(21-19-32)45-26-30-12-8-5-9-13-30/h4-21,27,34H,22-26H2,1-3H3,(H,38,42)/t34-/m0/s1. The first-order chi connectivity index (χ1) is 22.0. The highest BCUT2D eigenvalue weighted by molar-refractivity contribution is 9.10. The van der Waals surface area contributed by atoms with Crippen LogP contribution in [-0.2, 0) is 39.2 Å². The lowest BCUT2D eigenvalue weighted by molar-refractivity contribution is -0.140. The Hall–Kier alpha value is -4.15. The van der Waals surface area contributed by atoms with E-state index in [1.165, 1.54) is 4.90 Å². The largest absolute Gasteiger partial charge is 0.489 e. The Morgan fingerprint density at radius 1 is 0.804 bits per heavy atom. The molecule has 0 radical (unpaired) electrons. The van der Waals surface area contributed by atoms with E-state index in [-0.39, 0.29) is 24.8 Å². The average molecular weight is 707 g/mol. The fourth-order valence-electron chi connectivity index (χ4n) is 4.83. The number of hydrogen-bond donors (Lipinski definition) is 1. The van der Waals surface area contributed by atoms with Crippen LogP contribution in [-0.4, -0.2) is 50.5 Å². The molecule has 0 aliphatic rings. The summed E-state index contributed by atoms with van der Waals surface area (Å²) in [5, 5.41) is 2.99. The number of ether oxygens (including phenoxy) is 1. The summed E-state index contributed by atoms with van der Waals surface area (Å²) in [6.07, 6.45) is 1.33. The third-order valence-corrected chi connectivity index (χ3v) is 8.94. The molecular weight excluding hydrogens is 666 g/mol. The van der Waals surface area contributed by atoms with E-state index in [2.05, 4.69) is 21.2 Å². The van der Waals surface area contributed by atoms with Crippen molar-refractivity contribution in [3.63, 3.8) is 0 Å². The van der Waals surface area contributed by atoms with Crippen molar-refractivity contribution in [2.24, 2.45) is 5.92 Å². The first-order valence-corrected chi connectivity index (χ1v) is 17.7. The van der Waals surface area contributed by atoms with Gasteiger partial charge < -0.3 is 15.0 Å². The van der Waals surface area contributed by atoms with Crippen LogP contribution in [0.2, 0.25) is 0 Å². The summed E-state index contributed by atoms with van der Waals surface area (Å²) in [5.74, 6) is -0.0291. The molecule has 1 atom stereocenters. The van der Waals surface area contributed by atoms with Crippen LogP contribution in [0.25, 0.3) is 0 Å². The number of carbonyl (C=O) groups excluding carboxylic acids is 2. The Morgan fingerprint density at radius 3 is 1.96 bits per heavy atom. The Balaban J connectivity index is 1.63. The summed E-state index contributed by atoms with van der Waals surface area (Å²) in [5.41, 5.74) is 3.00. The lowest BCUT2D eigenvalue weighted by atomic mass is 10.0. The highest BCUT2D eigenvalue weighted by Gasteiger charge is 2.33. The molecule has 4 aromatic rings. The minimum absolute atomic E-state index is 0.114. The maximum atomic E-state index is 14.3. The zero-order chi connectivity index (χ0) is 33.1. The molecule has 0 bridgehead atoms. The maximum absolute atomic E-state index is 14.3. The second kappa shape index (κ2) is 16.4. The number of nitrogens with one attached hydrogen (secondary N) is 1. The first-order valence-electron chi connectivity index (χ1n) is 15.1. The average Bonchev–Trinajstić information content (AvgIpc) is 3.04. The van der Waals surface area contributed by atoms with Crippen LogP contribution >= 0.6 is 15.9 Å². The van der Waals surface area contributed by atoms with E-state index in [0.717, 1.165) is 31.7 Å². The second-order valence-electron chi connectivity index (χ2n) is 11.5. The molecule has 0 aromatic heterocycles. The first kappa shape index (κ1) is 34.7. The second-order valence-corrected chi connectivity index (χ2v) is 14.4. The summed E-state index contributed by atoms with van der Waals surface area (Å²) < 4.78 is 34.0. The Bertz CT molecular complexity index is 1670. The fourth-order valence-corrected chi connectivity index (χ4v) is 5.94. The van der Waals surface area contributed by atoms with Gasteiger partial charge in [-0.15, -0.1) is 0 Å². The van der Waals surface area contributed by atoms with Gasteiger partial charge in [-0.3, -0.25) is 13.9 Å². The number of rotatable bonds is 15. The number of carbonyl (C=O) groups is 2. The third-order valence-electron chi connectivity index (χ3n) is 7.27. The van der Waals surface area contributed by atoms with E-state index >= 15 is 0 Å². The minimum atomic E-state index is -3.88. The smallest absolute Gasteiger partial charge is 0.244 e. The van der Waals surface area contributed by atoms with E-state index in [0.29, 0.717) is 24.6 Å². The molecule has 0 aliphatic carbocycles. The number of halogens is 1. The molecule has 1 N–H and O–H groups in total. The van der Waals surface area contributed by atoms with E-state index in [1.807, 2.05) is 98.8 Å². The molecular formula is C36H40BrN3O5S. The number of hydrogen-bond acceptors (Lipinski definition) is 5. The summed E-state index contributed by atoms with van der Waals surface area (Å²) in [4.78, 5) is 29.5. The van der Waals surface area contributed by atoms with E-state index in [1.54, 1.807) is 24.3 Å². The lowest BCUT2D eigenvalue weighted by Gasteiger charge is -2.33. The van der Waals surface area contributed by atoms with Gasteiger partial charge in [0.25, 0.3) is 0 Å². The van der Waals surface area contributed by atoms with Gasteiger partial charge in [-0.25, -0.2) is 8.42 Å². The van der Waals surface area contributed by atoms with Crippen molar-refractivity contribution in [1.82, 2.24) is 10.2 Å². The van der Waals surface area contributed by atoms with Crippen LogP contribution in [0.1, 0.15) is 30.5 Å². The van der Waals surface area contributed by atoms with Crippen molar-refractivity contribution in [3.05, 3.63) is 130 Å². The zero-order valence-electron chi connectivity index (χ0n) is 26.3. The van der Waals surface area contributed by atoms with E-state index in [4.69, 9.17) is 4.74 Å². The van der Waals surface area contributed by atoms with Gasteiger partial charge in [0.15, 0.2) is 0 Å². The highest BCUT2D eigenvalue weighted by Crippen LogP contribution is 2.24. The van der Waals surface area contributed by atoms with Gasteiger partial charge in [-0.2, -0.15) is 0 Å². The van der Waals surface area contributed by atoms with Crippen molar-refractivity contribution in [3.8, 4) is 5.75 Å². The Morgan fingerprint density at radius 2 is 1.39 bits per heavy atom.